The van der Waals surface area contributed by atoms with Crippen molar-refractivity contribution in [2.75, 3.05) is 26.2 Å². The Morgan fingerprint density at radius 3 is 2.63 bits per heavy atom. The normalized spacial score (nSPS) is 26.3. The standard InChI is InChI=1S/C14H16F2N2O/c15-10-2-1-3-11(16)12(10)13(19)18-7-5-14(9-18)4-6-17-8-14/h1-3,17H,4-9H2. The van der Waals surface area contributed by atoms with E-state index in [9.17, 15) is 13.6 Å². The molecule has 1 atom stereocenters. The fourth-order valence-electron chi connectivity index (χ4n) is 3.11. The van der Waals surface area contributed by atoms with E-state index in [1.165, 1.54) is 6.07 Å². The average molecular weight is 266 g/mol. The van der Waals surface area contributed by atoms with Crippen molar-refractivity contribution in [1.29, 1.82) is 0 Å². The maximum Gasteiger partial charge on any atom is 0.259 e. The first kappa shape index (κ1) is 12.5. The molecule has 1 amide bonds. The number of rotatable bonds is 1. The van der Waals surface area contributed by atoms with Gasteiger partial charge >= 0.3 is 0 Å². The molecular weight excluding hydrogens is 250 g/mol. The Balaban J connectivity index is 1.82. The number of hydrogen-bond acceptors (Lipinski definition) is 2. The van der Waals surface area contributed by atoms with Crippen molar-refractivity contribution >= 4 is 5.91 Å². The molecule has 0 radical (unpaired) electrons. The summed E-state index contributed by atoms with van der Waals surface area (Å²) in [5.41, 5.74) is -0.317. The van der Waals surface area contributed by atoms with Crippen LogP contribution in [0.15, 0.2) is 18.2 Å². The number of nitrogens with zero attached hydrogens (tertiary/aromatic N) is 1. The number of nitrogens with one attached hydrogen (secondary N) is 1. The van der Waals surface area contributed by atoms with E-state index in [-0.39, 0.29) is 5.41 Å². The Morgan fingerprint density at radius 2 is 2.00 bits per heavy atom. The second-order valence-corrected chi connectivity index (χ2v) is 5.50. The molecule has 5 heteroatoms. The van der Waals surface area contributed by atoms with Gasteiger partial charge in [-0.1, -0.05) is 6.07 Å². The van der Waals surface area contributed by atoms with Gasteiger partial charge in [0, 0.05) is 25.0 Å². The fraction of sp³-hybridized carbons (Fsp3) is 0.500. The zero-order valence-corrected chi connectivity index (χ0v) is 10.6. The summed E-state index contributed by atoms with van der Waals surface area (Å²) in [7, 11) is 0. The van der Waals surface area contributed by atoms with Crippen LogP contribution in [0.25, 0.3) is 0 Å². The van der Waals surface area contributed by atoms with Crippen LogP contribution in [0.5, 0.6) is 0 Å². The molecular formula is C14H16F2N2O. The first-order chi connectivity index (χ1) is 9.11. The van der Waals surface area contributed by atoms with Crippen molar-refractivity contribution < 1.29 is 13.6 Å². The molecule has 2 fully saturated rings. The molecule has 3 nitrogen and oxygen atoms in total. The Hall–Kier alpha value is -1.49. The first-order valence-electron chi connectivity index (χ1n) is 6.55. The highest BCUT2D eigenvalue weighted by Crippen LogP contribution is 2.36. The van der Waals surface area contributed by atoms with Gasteiger partial charge in [0.25, 0.3) is 5.91 Å². The molecule has 0 saturated carbocycles. The highest BCUT2D eigenvalue weighted by Gasteiger charge is 2.42. The fourth-order valence-corrected chi connectivity index (χ4v) is 3.11. The van der Waals surface area contributed by atoms with Gasteiger partial charge in [-0.3, -0.25) is 4.79 Å². The van der Waals surface area contributed by atoms with Crippen molar-refractivity contribution in [2.45, 2.75) is 12.8 Å². The molecule has 2 saturated heterocycles. The third kappa shape index (κ3) is 2.12. The van der Waals surface area contributed by atoms with Crippen molar-refractivity contribution in [3.8, 4) is 0 Å². The quantitative estimate of drug-likeness (QED) is 0.840. The monoisotopic (exact) mass is 266 g/mol. The van der Waals surface area contributed by atoms with Crippen LogP contribution in [0, 0.1) is 17.0 Å². The number of likely N-dealkylation sites (tertiary alicyclic amines) is 1. The maximum atomic E-state index is 13.6. The van der Waals surface area contributed by atoms with Gasteiger partial charge in [0.2, 0.25) is 0 Å². The molecule has 2 aliphatic rings. The lowest BCUT2D eigenvalue weighted by molar-refractivity contribution is 0.0766. The van der Waals surface area contributed by atoms with Crippen LogP contribution >= 0.6 is 0 Å². The van der Waals surface area contributed by atoms with E-state index in [1.807, 2.05) is 0 Å². The molecule has 3 rings (SSSR count). The number of halogens is 2. The Labute approximate surface area is 110 Å². The topological polar surface area (TPSA) is 32.3 Å². The molecule has 0 bridgehead atoms. The third-order valence-electron chi connectivity index (χ3n) is 4.23. The zero-order chi connectivity index (χ0) is 13.5. The molecule has 1 spiro atoms. The average Bonchev–Trinajstić information content (AvgIpc) is 3.00. The summed E-state index contributed by atoms with van der Waals surface area (Å²) in [5, 5.41) is 3.29. The van der Waals surface area contributed by atoms with Crippen LogP contribution in [-0.2, 0) is 0 Å². The van der Waals surface area contributed by atoms with E-state index >= 15 is 0 Å². The van der Waals surface area contributed by atoms with Crippen LogP contribution in [0.3, 0.4) is 0 Å². The van der Waals surface area contributed by atoms with Crippen LogP contribution in [0.4, 0.5) is 8.78 Å². The third-order valence-corrected chi connectivity index (χ3v) is 4.23. The van der Waals surface area contributed by atoms with Crippen molar-refractivity contribution in [2.24, 2.45) is 5.41 Å². The van der Waals surface area contributed by atoms with Crippen LogP contribution < -0.4 is 5.32 Å². The van der Waals surface area contributed by atoms with Crippen molar-refractivity contribution in [3.05, 3.63) is 35.4 Å². The highest BCUT2D eigenvalue weighted by atomic mass is 19.1. The Morgan fingerprint density at radius 1 is 1.26 bits per heavy atom. The lowest BCUT2D eigenvalue weighted by atomic mass is 9.86. The van der Waals surface area contributed by atoms with Gasteiger partial charge in [-0.05, 0) is 31.5 Å². The minimum absolute atomic E-state index is 0.109. The van der Waals surface area contributed by atoms with Gasteiger partial charge in [0.05, 0.1) is 0 Å². The highest BCUT2D eigenvalue weighted by molar-refractivity contribution is 5.95. The largest absolute Gasteiger partial charge is 0.338 e. The molecule has 2 heterocycles. The number of benzene rings is 1. The number of carbonyl (C=O) groups excluding carboxylic acids is 1. The summed E-state index contributed by atoms with van der Waals surface area (Å²) >= 11 is 0. The van der Waals surface area contributed by atoms with E-state index in [4.69, 9.17) is 0 Å². The Kier molecular flexibility index (Phi) is 3.01. The van der Waals surface area contributed by atoms with Gasteiger partial charge in [0.15, 0.2) is 0 Å². The molecule has 1 aromatic rings. The molecule has 1 N–H and O–H groups in total. The SMILES string of the molecule is O=C(c1c(F)cccc1F)N1CCC2(CCNC2)C1. The molecule has 102 valence electrons. The minimum Gasteiger partial charge on any atom is -0.338 e. The molecule has 2 aliphatic heterocycles. The summed E-state index contributed by atoms with van der Waals surface area (Å²) in [4.78, 5) is 13.8. The second kappa shape index (κ2) is 4.56. The van der Waals surface area contributed by atoms with Gasteiger partial charge in [0.1, 0.15) is 17.2 Å². The summed E-state index contributed by atoms with van der Waals surface area (Å²) in [5.74, 6) is -2.09. The van der Waals surface area contributed by atoms with E-state index in [1.54, 1.807) is 4.90 Å². The number of carbonyl (C=O) groups is 1. The lowest BCUT2D eigenvalue weighted by Crippen LogP contribution is -2.34. The number of hydrogen-bond donors (Lipinski definition) is 1. The predicted molar refractivity (Wildman–Crippen MR) is 66.8 cm³/mol. The summed E-state index contributed by atoms with van der Waals surface area (Å²) in [6, 6.07) is 3.52. The van der Waals surface area contributed by atoms with Gasteiger partial charge in [-0.2, -0.15) is 0 Å². The maximum absolute atomic E-state index is 13.6. The minimum atomic E-state index is -0.782. The summed E-state index contributed by atoms with van der Waals surface area (Å²) < 4.78 is 27.2. The van der Waals surface area contributed by atoms with Gasteiger partial charge in [-0.25, -0.2) is 8.78 Å². The number of amides is 1. The molecule has 19 heavy (non-hydrogen) atoms. The van der Waals surface area contributed by atoms with Gasteiger partial charge in [-0.15, -0.1) is 0 Å². The van der Waals surface area contributed by atoms with Crippen LogP contribution in [0.1, 0.15) is 23.2 Å². The zero-order valence-electron chi connectivity index (χ0n) is 10.6. The van der Waals surface area contributed by atoms with Gasteiger partial charge < -0.3 is 10.2 Å². The molecule has 0 aliphatic carbocycles. The van der Waals surface area contributed by atoms with Crippen LogP contribution in [0.2, 0.25) is 0 Å². The van der Waals surface area contributed by atoms with E-state index in [0.717, 1.165) is 38.1 Å². The van der Waals surface area contributed by atoms with E-state index in [2.05, 4.69) is 5.32 Å². The summed E-state index contributed by atoms with van der Waals surface area (Å²) in [6.07, 6.45) is 1.93. The lowest BCUT2D eigenvalue weighted by Gasteiger charge is -2.23. The Bertz CT molecular complexity index is 492. The second-order valence-electron chi connectivity index (χ2n) is 5.50. The molecule has 1 unspecified atom stereocenters. The first-order valence-corrected chi connectivity index (χ1v) is 6.55. The molecule has 0 aromatic heterocycles. The predicted octanol–water partition coefficient (Wildman–Crippen LogP) is 1.79. The summed E-state index contributed by atoms with van der Waals surface area (Å²) in [6.45, 7) is 3.01. The van der Waals surface area contributed by atoms with Crippen molar-refractivity contribution in [1.82, 2.24) is 10.2 Å². The molecule has 1 aromatic carbocycles. The van der Waals surface area contributed by atoms with Crippen LogP contribution in [-0.4, -0.2) is 37.0 Å². The van der Waals surface area contributed by atoms with E-state index in [0.29, 0.717) is 13.1 Å². The van der Waals surface area contributed by atoms with Crippen molar-refractivity contribution in [3.63, 3.8) is 0 Å². The van der Waals surface area contributed by atoms with E-state index < -0.39 is 23.1 Å². The smallest absolute Gasteiger partial charge is 0.259 e.